The van der Waals surface area contributed by atoms with Crippen molar-refractivity contribution in [2.45, 2.75) is 43.8 Å². The lowest BCUT2D eigenvalue weighted by Gasteiger charge is -2.46. The van der Waals surface area contributed by atoms with Gasteiger partial charge in [0.05, 0.1) is 18.1 Å². The van der Waals surface area contributed by atoms with E-state index in [1.807, 2.05) is 29.2 Å². The molecule has 28 heavy (non-hydrogen) atoms. The first-order valence-corrected chi connectivity index (χ1v) is 10.2. The molecule has 2 aliphatic heterocycles. The van der Waals surface area contributed by atoms with Crippen LogP contribution < -0.4 is 0 Å². The van der Waals surface area contributed by atoms with Gasteiger partial charge in [0.15, 0.2) is 0 Å². The molecule has 0 radical (unpaired) electrons. The van der Waals surface area contributed by atoms with Crippen LogP contribution in [-0.2, 0) is 25.5 Å². The zero-order valence-electron chi connectivity index (χ0n) is 16.7. The molecule has 6 nitrogen and oxygen atoms in total. The molecule has 1 unspecified atom stereocenters. The van der Waals surface area contributed by atoms with Gasteiger partial charge in [-0.3, -0.25) is 9.59 Å². The number of ether oxygens (including phenoxy) is 2. The summed E-state index contributed by atoms with van der Waals surface area (Å²) in [5.41, 5.74) is 0.619. The summed E-state index contributed by atoms with van der Waals surface area (Å²) in [6.07, 6.45) is 3.53. The van der Waals surface area contributed by atoms with Gasteiger partial charge in [-0.25, -0.2) is 0 Å². The molecule has 0 aromatic heterocycles. The molecule has 2 aliphatic rings. The van der Waals surface area contributed by atoms with Crippen molar-refractivity contribution in [2.75, 3.05) is 40.4 Å². The number of amides is 2. The van der Waals surface area contributed by atoms with Crippen LogP contribution in [0.4, 0.5) is 0 Å². The van der Waals surface area contributed by atoms with Crippen LogP contribution in [0.1, 0.15) is 31.2 Å². The summed E-state index contributed by atoms with van der Waals surface area (Å²) < 4.78 is 12.0. The Balaban J connectivity index is 1.50. The maximum absolute atomic E-state index is 12.7. The van der Waals surface area contributed by atoms with Crippen LogP contribution in [0.25, 0.3) is 0 Å². The molecule has 0 bridgehead atoms. The third-order valence-electron chi connectivity index (χ3n) is 5.72. The molecular weight excluding hydrogens is 380 g/mol. The zero-order chi connectivity index (χ0) is 20.1. The van der Waals surface area contributed by atoms with Crippen LogP contribution in [-0.4, -0.2) is 73.7 Å². The van der Waals surface area contributed by atoms with Crippen molar-refractivity contribution in [1.82, 2.24) is 9.80 Å². The molecule has 0 N–H and O–H groups in total. The largest absolute Gasteiger partial charge is 0.375 e. The van der Waals surface area contributed by atoms with Crippen molar-refractivity contribution in [3.05, 3.63) is 34.9 Å². The van der Waals surface area contributed by atoms with Crippen LogP contribution >= 0.6 is 11.6 Å². The standard InChI is InChI=1S/C21H29ClN2O4/c1-23(2)20(26)15-27-17-7-12-28-21(14-17)8-10-24(11-9-21)19(25)13-16-5-3-4-6-18(16)22/h3-6,17H,7-15H2,1-2H3. The molecule has 0 aliphatic carbocycles. The Hall–Kier alpha value is -1.63. The maximum Gasteiger partial charge on any atom is 0.248 e. The second-order valence-electron chi connectivity index (χ2n) is 7.89. The summed E-state index contributed by atoms with van der Waals surface area (Å²) in [4.78, 5) is 27.9. The minimum absolute atomic E-state index is 0.0273. The summed E-state index contributed by atoms with van der Waals surface area (Å²) in [6, 6.07) is 7.47. The van der Waals surface area contributed by atoms with Gasteiger partial charge in [-0.1, -0.05) is 29.8 Å². The number of carbonyl (C=O) groups excluding carboxylic acids is 2. The lowest BCUT2D eigenvalue weighted by Crippen LogP contribution is -2.52. The van der Waals surface area contributed by atoms with Crippen LogP contribution in [0.15, 0.2) is 24.3 Å². The fourth-order valence-corrected chi connectivity index (χ4v) is 4.07. The normalized spacial score (nSPS) is 21.5. The molecule has 1 spiro atoms. The Labute approximate surface area is 171 Å². The van der Waals surface area contributed by atoms with Crippen LogP contribution in [0, 0.1) is 0 Å². The number of halogens is 1. The van der Waals surface area contributed by atoms with Crippen LogP contribution in [0.5, 0.6) is 0 Å². The van der Waals surface area contributed by atoms with E-state index in [-0.39, 0.29) is 30.1 Å². The molecule has 2 saturated heterocycles. The maximum atomic E-state index is 12.7. The summed E-state index contributed by atoms with van der Waals surface area (Å²) >= 11 is 6.18. The highest BCUT2D eigenvalue weighted by atomic mass is 35.5. The number of rotatable bonds is 5. The topological polar surface area (TPSA) is 59.1 Å². The fourth-order valence-electron chi connectivity index (χ4n) is 3.87. The predicted octanol–water partition coefficient (Wildman–Crippen LogP) is 2.53. The highest BCUT2D eigenvalue weighted by Crippen LogP contribution is 2.36. The van der Waals surface area contributed by atoms with Gasteiger partial charge in [0.1, 0.15) is 6.61 Å². The van der Waals surface area contributed by atoms with Crippen LogP contribution in [0.3, 0.4) is 0 Å². The molecule has 1 atom stereocenters. The van der Waals surface area contributed by atoms with Gasteiger partial charge in [-0.05, 0) is 30.9 Å². The molecule has 2 amide bonds. The van der Waals surface area contributed by atoms with Gasteiger partial charge in [-0.2, -0.15) is 0 Å². The zero-order valence-corrected chi connectivity index (χ0v) is 17.4. The first-order valence-electron chi connectivity index (χ1n) is 9.85. The van der Waals surface area contributed by atoms with Crippen molar-refractivity contribution >= 4 is 23.4 Å². The lowest BCUT2D eigenvalue weighted by atomic mass is 9.83. The van der Waals surface area contributed by atoms with E-state index in [4.69, 9.17) is 21.1 Å². The Morgan fingerprint density at radius 2 is 2.00 bits per heavy atom. The number of piperidine rings is 1. The Bertz CT molecular complexity index is 701. The average Bonchev–Trinajstić information content (AvgIpc) is 2.68. The second kappa shape index (κ2) is 9.25. The van der Waals surface area contributed by atoms with E-state index in [1.165, 1.54) is 4.90 Å². The molecule has 0 saturated carbocycles. The minimum atomic E-state index is -0.245. The lowest BCUT2D eigenvalue weighted by molar-refractivity contribution is -0.166. The molecular formula is C21H29ClN2O4. The molecule has 2 heterocycles. The molecule has 7 heteroatoms. The van der Waals surface area contributed by atoms with Crippen molar-refractivity contribution < 1.29 is 19.1 Å². The molecule has 1 aromatic rings. The fraction of sp³-hybridized carbons (Fsp3) is 0.619. The van der Waals surface area contributed by atoms with E-state index in [2.05, 4.69) is 0 Å². The Morgan fingerprint density at radius 1 is 1.29 bits per heavy atom. The van der Waals surface area contributed by atoms with Gasteiger partial charge in [0.2, 0.25) is 11.8 Å². The number of benzene rings is 1. The molecule has 1 aromatic carbocycles. The average molecular weight is 409 g/mol. The van der Waals surface area contributed by atoms with Crippen LogP contribution in [0.2, 0.25) is 5.02 Å². The highest BCUT2D eigenvalue weighted by molar-refractivity contribution is 6.31. The predicted molar refractivity (Wildman–Crippen MR) is 107 cm³/mol. The number of hydrogen-bond donors (Lipinski definition) is 0. The highest BCUT2D eigenvalue weighted by Gasteiger charge is 2.41. The quantitative estimate of drug-likeness (QED) is 0.751. The summed E-state index contributed by atoms with van der Waals surface area (Å²) in [5.74, 6) is 0.0728. The van der Waals surface area contributed by atoms with E-state index in [9.17, 15) is 9.59 Å². The first-order chi connectivity index (χ1) is 13.4. The first kappa shape index (κ1) is 21.1. The number of hydrogen-bond acceptors (Lipinski definition) is 4. The van der Waals surface area contributed by atoms with Gasteiger partial charge in [-0.15, -0.1) is 0 Å². The van der Waals surface area contributed by atoms with Crippen molar-refractivity contribution in [3.63, 3.8) is 0 Å². The number of likely N-dealkylation sites (tertiary alicyclic amines) is 1. The van der Waals surface area contributed by atoms with E-state index in [1.54, 1.807) is 14.1 Å². The van der Waals surface area contributed by atoms with E-state index in [0.717, 1.165) is 31.2 Å². The molecule has 154 valence electrons. The van der Waals surface area contributed by atoms with E-state index < -0.39 is 0 Å². The van der Waals surface area contributed by atoms with Gasteiger partial charge < -0.3 is 19.3 Å². The van der Waals surface area contributed by atoms with E-state index in [0.29, 0.717) is 31.1 Å². The molecule has 2 fully saturated rings. The summed E-state index contributed by atoms with van der Waals surface area (Å²) in [7, 11) is 3.46. The van der Waals surface area contributed by atoms with Gasteiger partial charge >= 0.3 is 0 Å². The Morgan fingerprint density at radius 3 is 2.68 bits per heavy atom. The number of likely N-dealkylation sites (N-methyl/N-ethyl adjacent to an activating group) is 1. The van der Waals surface area contributed by atoms with Gasteiger partial charge in [0, 0.05) is 45.2 Å². The number of nitrogens with zero attached hydrogens (tertiary/aromatic N) is 2. The summed E-state index contributed by atoms with van der Waals surface area (Å²) in [6.45, 7) is 2.09. The van der Waals surface area contributed by atoms with Crippen molar-refractivity contribution in [2.24, 2.45) is 0 Å². The summed E-state index contributed by atoms with van der Waals surface area (Å²) in [5, 5.41) is 0.632. The molecule has 3 rings (SSSR count). The van der Waals surface area contributed by atoms with Crippen molar-refractivity contribution in [3.8, 4) is 0 Å². The second-order valence-corrected chi connectivity index (χ2v) is 8.30. The minimum Gasteiger partial charge on any atom is -0.375 e. The number of carbonyl (C=O) groups is 2. The van der Waals surface area contributed by atoms with E-state index >= 15 is 0 Å². The monoisotopic (exact) mass is 408 g/mol. The Kier molecular flexibility index (Phi) is 6.96. The third-order valence-corrected chi connectivity index (χ3v) is 6.08. The smallest absolute Gasteiger partial charge is 0.248 e. The SMILES string of the molecule is CN(C)C(=O)COC1CCOC2(CCN(C(=O)Cc3ccccc3Cl)CC2)C1. The van der Waals surface area contributed by atoms with Gasteiger partial charge in [0.25, 0.3) is 0 Å². The van der Waals surface area contributed by atoms with Crippen molar-refractivity contribution in [1.29, 1.82) is 0 Å². The third kappa shape index (κ3) is 5.25.